The van der Waals surface area contributed by atoms with Gasteiger partial charge in [-0.2, -0.15) is 0 Å². The normalized spacial score (nSPS) is 25.6. The number of carbonyl (C=O) groups excluding carboxylic acids is 1. The van der Waals surface area contributed by atoms with Gasteiger partial charge in [0.05, 0.1) is 17.5 Å². The predicted molar refractivity (Wildman–Crippen MR) is 101 cm³/mol. The van der Waals surface area contributed by atoms with Crippen molar-refractivity contribution >= 4 is 27.6 Å². The fourth-order valence-corrected chi connectivity index (χ4v) is 6.39. The maximum atomic E-state index is 12.5. The Morgan fingerprint density at radius 2 is 1.88 bits per heavy atom. The second kappa shape index (κ2) is 7.17. The molecule has 2 heterocycles. The van der Waals surface area contributed by atoms with Crippen LogP contribution in [0.5, 0.6) is 0 Å². The summed E-state index contributed by atoms with van der Waals surface area (Å²) >= 11 is 1.70. The first-order valence-electron chi connectivity index (χ1n) is 8.36. The van der Waals surface area contributed by atoms with Crippen molar-refractivity contribution in [1.29, 1.82) is 0 Å². The molecule has 0 aliphatic carbocycles. The lowest BCUT2D eigenvalue weighted by Crippen LogP contribution is -2.61. The van der Waals surface area contributed by atoms with Crippen LogP contribution >= 0.6 is 11.8 Å². The van der Waals surface area contributed by atoms with E-state index < -0.39 is 9.84 Å². The summed E-state index contributed by atoms with van der Waals surface area (Å²) in [6, 6.07) is 7.75. The van der Waals surface area contributed by atoms with Crippen molar-refractivity contribution in [2.24, 2.45) is 0 Å². The molecule has 138 valence electrons. The number of urea groups is 1. The zero-order valence-corrected chi connectivity index (χ0v) is 16.5. The van der Waals surface area contributed by atoms with Crippen molar-refractivity contribution < 1.29 is 13.2 Å². The summed E-state index contributed by atoms with van der Waals surface area (Å²) in [5.74, 6) is 0.203. The smallest absolute Gasteiger partial charge is 0.319 e. The molecular weight excluding hydrogens is 358 g/mol. The van der Waals surface area contributed by atoms with Crippen molar-refractivity contribution in [1.82, 2.24) is 14.7 Å². The highest BCUT2D eigenvalue weighted by atomic mass is 32.2. The Hall–Kier alpha value is -1.25. The summed E-state index contributed by atoms with van der Waals surface area (Å²) in [7, 11) is 0.299. The van der Waals surface area contributed by atoms with Crippen LogP contribution in [0.2, 0.25) is 0 Å². The minimum Gasteiger partial charge on any atom is -0.331 e. The predicted octanol–water partition coefficient (Wildman–Crippen LogP) is 1.37. The van der Waals surface area contributed by atoms with Gasteiger partial charge in [-0.25, -0.2) is 13.2 Å². The topological polar surface area (TPSA) is 60.9 Å². The highest BCUT2D eigenvalue weighted by Gasteiger charge is 2.48. The monoisotopic (exact) mass is 383 g/mol. The van der Waals surface area contributed by atoms with Gasteiger partial charge in [0.25, 0.3) is 0 Å². The Balaban J connectivity index is 1.85. The number of fused-ring (bicyclic) bond motifs is 1. The molecule has 2 aliphatic rings. The van der Waals surface area contributed by atoms with E-state index in [2.05, 4.69) is 23.3 Å². The molecule has 1 aromatic carbocycles. The van der Waals surface area contributed by atoms with Gasteiger partial charge in [0.2, 0.25) is 0 Å². The van der Waals surface area contributed by atoms with E-state index in [-0.39, 0.29) is 29.6 Å². The molecule has 1 aromatic rings. The van der Waals surface area contributed by atoms with E-state index in [1.807, 2.05) is 12.1 Å². The summed E-state index contributed by atoms with van der Waals surface area (Å²) in [6.45, 7) is 1.98. The average molecular weight is 384 g/mol. The fraction of sp³-hybridized carbons (Fsp3) is 0.588. The van der Waals surface area contributed by atoms with E-state index in [0.29, 0.717) is 13.1 Å². The third-order valence-electron chi connectivity index (χ3n) is 4.99. The lowest BCUT2D eigenvalue weighted by Gasteiger charge is -2.44. The number of rotatable bonds is 3. The van der Waals surface area contributed by atoms with Crippen LogP contribution in [0.3, 0.4) is 0 Å². The summed E-state index contributed by atoms with van der Waals surface area (Å²) in [5, 5.41) is 0. The Morgan fingerprint density at radius 3 is 2.56 bits per heavy atom. The van der Waals surface area contributed by atoms with Gasteiger partial charge in [-0.15, -0.1) is 11.8 Å². The standard InChI is InChI=1S/C17H25N3O3S2/c1-18(2)17(21)20-9-8-19(14-11-25(22,23)12-15(14)20)10-13-6-4-5-7-16(13)24-3/h4-7,14-15H,8-12H2,1-3H3/t14-,15+/m1/s1. The molecule has 0 aromatic heterocycles. The highest BCUT2D eigenvalue weighted by Crippen LogP contribution is 2.30. The summed E-state index contributed by atoms with van der Waals surface area (Å²) < 4.78 is 24.5. The number of sulfone groups is 1. The van der Waals surface area contributed by atoms with Crippen LogP contribution in [0.15, 0.2) is 29.2 Å². The van der Waals surface area contributed by atoms with E-state index in [1.165, 1.54) is 15.4 Å². The van der Waals surface area contributed by atoms with Gasteiger partial charge in [-0.05, 0) is 17.9 Å². The van der Waals surface area contributed by atoms with Crippen LogP contribution in [0.25, 0.3) is 0 Å². The van der Waals surface area contributed by atoms with Crippen molar-refractivity contribution in [3.63, 3.8) is 0 Å². The minimum atomic E-state index is -3.12. The molecule has 2 atom stereocenters. The quantitative estimate of drug-likeness (QED) is 0.738. The number of carbonyl (C=O) groups is 1. The molecule has 3 rings (SSSR count). The van der Waals surface area contributed by atoms with E-state index in [9.17, 15) is 13.2 Å². The van der Waals surface area contributed by atoms with Gasteiger partial charge in [0, 0.05) is 44.7 Å². The first-order valence-corrected chi connectivity index (χ1v) is 11.4. The van der Waals surface area contributed by atoms with Crippen molar-refractivity contribution in [3.8, 4) is 0 Å². The molecule has 2 aliphatic heterocycles. The molecule has 0 saturated carbocycles. The molecule has 25 heavy (non-hydrogen) atoms. The van der Waals surface area contributed by atoms with Crippen LogP contribution < -0.4 is 0 Å². The van der Waals surface area contributed by atoms with Gasteiger partial charge in [0.15, 0.2) is 9.84 Å². The average Bonchev–Trinajstić information content (AvgIpc) is 2.90. The Kier molecular flexibility index (Phi) is 5.31. The molecular formula is C17H25N3O3S2. The van der Waals surface area contributed by atoms with Gasteiger partial charge < -0.3 is 9.80 Å². The van der Waals surface area contributed by atoms with Gasteiger partial charge in [-0.3, -0.25) is 4.90 Å². The number of thioether (sulfide) groups is 1. The molecule has 2 amide bonds. The van der Waals surface area contributed by atoms with Crippen LogP contribution in [0.4, 0.5) is 4.79 Å². The maximum absolute atomic E-state index is 12.5. The van der Waals surface area contributed by atoms with Gasteiger partial charge >= 0.3 is 6.03 Å². The third kappa shape index (κ3) is 3.80. The third-order valence-corrected chi connectivity index (χ3v) is 7.52. The molecule has 8 heteroatoms. The summed E-state index contributed by atoms with van der Waals surface area (Å²) in [4.78, 5) is 19.2. The number of hydrogen-bond donors (Lipinski definition) is 0. The largest absolute Gasteiger partial charge is 0.331 e. The Morgan fingerprint density at radius 1 is 1.20 bits per heavy atom. The van der Waals surface area contributed by atoms with E-state index in [0.717, 1.165) is 6.54 Å². The zero-order valence-electron chi connectivity index (χ0n) is 14.9. The lowest BCUT2D eigenvalue weighted by atomic mass is 10.0. The second-order valence-corrected chi connectivity index (χ2v) is 9.87. The van der Waals surface area contributed by atoms with Crippen molar-refractivity contribution in [2.75, 3.05) is 44.9 Å². The molecule has 6 nitrogen and oxygen atoms in total. The number of piperazine rings is 1. The van der Waals surface area contributed by atoms with Crippen LogP contribution in [-0.4, -0.2) is 86.2 Å². The Labute approximate surface area is 154 Å². The van der Waals surface area contributed by atoms with Crippen LogP contribution in [0, 0.1) is 0 Å². The number of benzene rings is 1. The Bertz CT molecular complexity index is 751. The molecule has 2 saturated heterocycles. The molecule has 0 unspecified atom stereocenters. The number of amides is 2. The summed E-state index contributed by atoms with van der Waals surface area (Å²) in [5.41, 5.74) is 1.21. The molecule has 0 bridgehead atoms. The molecule has 0 radical (unpaired) electrons. The molecule has 0 N–H and O–H groups in total. The lowest BCUT2D eigenvalue weighted by molar-refractivity contribution is 0.0516. The van der Waals surface area contributed by atoms with Crippen LogP contribution in [0.1, 0.15) is 5.56 Å². The van der Waals surface area contributed by atoms with E-state index in [1.54, 1.807) is 30.8 Å². The highest BCUT2D eigenvalue weighted by molar-refractivity contribution is 7.98. The summed E-state index contributed by atoms with van der Waals surface area (Å²) in [6.07, 6.45) is 2.05. The first kappa shape index (κ1) is 18.5. The zero-order chi connectivity index (χ0) is 18.2. The number of nitrogens with zero attached hydrogens (tertiary/aromatic N) is 3. The second-order valence-electron chi connectivity index (χ2n) is 6.86. The SMILES string of the molecule is CSc1ccccc1CN1CCN(C(=O)N(C)C)[C@H]2CS(=O)(=O)C[C@H]21. The van der Waals surface area contributed by atoms with Gasteiger partial charge in [0.1, 0.15) is 0 Å². The molecule has 2 fully saturated rings. The van der Waals surface area contributed by atoms with Crippen LogP contribution in [-0.2, 0) is 16.4 Å². The number of hydrogen-bond acceptors (Lipinski definition) is 5. The van der Waals surface area contributed by atoms with E-state index in [4.69, 9.17) is 0 Å². The minimum absolute atomic E-state index is 0.0674. The maximum Gasteiger partial charge on any atom is 0.319 e. The first-order chi connectivity index (χ1) is 11.8. The van der Waals surface area contributed by atoms with Crippen molar-refractivity contribution in [2.45, 2.75) is 23.5 Å². The van der Waals surface area contributed by atoms with Gasteiger partial charge in [-0.1, -0.05) is 18.2 Å². The van der Waals surface area contributed by atoms with E-state index >= 15 is 0 Å². The molecule has 0 spiro atoms. The fourth-order valence-electron chi connectivity index (χ4n) is 3.77. The van der Waals surface area contributed by atoms with Crippen molar-refractivity contribution in [3.05, 3.63) is 29.8 Å².